The van der Waals surface area contributed by atoms with Gasteiger partial charge in [-0.05, 0) is 57.0 Å². The summed E-state index contributed by atoms with van der Waals surface area (Å²) in [4.78, 5) is 12.0. The lowest BCUT2D eigenvalue weighted by Crippen LogP contribution is -2.37. The van der Waals surface area contributed by atoms with Crippen LogP contribution in [0.15, 0.2) is 0 Å². The maximum absolute atomic E-state index is 12.0. The van der Waals surface area contributed by atoms with Gasteiger partial charge in [0.25, 0.3) is 0 Å². The third kappa shape index (κ3) is 3.98. The number of rotatable bonds is 5. The average Bonchev–Trinajstić information content (AvgIpc) is 2.85. The van der Waals surface area contributed by atoms with Crippen molar-refractivity contribution < 1.29 is 4.79 Å². The summed E-state index contributed by atoms with van der Waals surface area (Å²) >= 11 is 0. The van der Waals surface area contributed by atoms with Crippen molar-refractivity contribution >= 4 is 5.91 Å². The summed E-state index contributed by atoms with van der Waals surface area (Å²) < 4.78 is 0. The second-order valence-electron chi connectivity index (χ2n) is 6.01. The molecule has 1 amide bonds. The van der Waals surface area contributed by atoms with Gasteiger partial charge >= 0.3 is 0 Å². The number of amides is 1. The van der Waals surface area contributed by atoms with Gasteiger partial charge in [0, 0.05) is 12.5 Å². The summed E-state index contributed by atoms with van der Waals surface area (Å²) in [5.74, 6) is 1.79. The Balaban J connectivity index is 1.65. The Hall–Kier alpha value is -0.570. The van der Waals surface area contributed by atoms with E-state index < -0.39 is 0 Å². The number of hydrogen-bond acceptors (Lipinski definition) is 2. The molecule has 2 aliphatic rings. The van der Waals surface area contributed by atoms with Crippen molar-refractivity contribution in [3.05, 3.63) is 0 Å². The molecule has 3 heteroatoms. The quantitative estimate of drug-likeness (QED) is 0.789. The van der Waals surface area contributed by atoms with Gasteiger partial charge in [-0.1, -0.05) is 19.8 Å². The van der Waals surface area contributed by atoms with Gasteiger partial charge in [0.2, 0.25) is 5.91 Å². The Morgan fingerprint density at radius 2 is 2.00 bits per heavy atom. The number of piperidine rings is 1. The smallest absolute Gasteiger partial charge is 0.220 e. The Kier molecular flexibility index (Phi) is 5.48. The van der Waals surface area contributed by atoms with E-state index in [1.165, 1.54) is 38.5 Å². The molecular formula is C15H28N2O. The number of carbonyl (C=O) groups is 1. The Morgan fingerprint density at radius 1 is 1.22 bits per heavy atom. The molecule has 0 aromatic heterocycles. The standard InChI is InChI=1S/C15H28N2O/c1-2-13-4-3-5-14(13)17-15(18)7-6-12-8-10-16-11-9-12/h12-14,16H,2-11H2,1H3,(H,17,18). The number of hydrogen-bond donors (Lipinski definition) is 2. The number of carbonyl (C=O) groups excluding carboxylic acids is 1. The van der Waals surface area contributed by atoms with Crippen molar-refractivity contribution in [1.29, 1.82) is 0 Å². The van der Waals surface area contributed by atoms with Crippen molar-refractivity contribution in [2.75, 3.05) is 13.1 Å². The molecular weight excluding hydrogens is 224 g/mol. The molecule has 3 nitrogen and oxygen atoms in total. The largest absolute Gasteiger partial charge is 0.353 e. The number of nitrogens with one attached hydrogen (secondary N) is 2. The van der Waals surface area contributed by atoms with E-state index in [1.807, 2.05) is 0 Å². The van der Waals surface area contributed by atoms with Gasteiger partial charge in [0.1, 0.15) is 0 Å². The lowest BCUT2D eigenvalue weighted by Gasteiger charge is -2.23. The van der Waals surface area contributed by atoms with Crippen LogP contribution in [0.1, 0.15) is 58.3 Å². The molecule has 1 aliphatic carbocycles. The summed E-state index contributed by atoms with van der Waals surface area (Å²) in [5, 5.41) is 6.64. The van der Waals surface area contributed by atoms with Crippen LogP contribution in [0, 0.1) is 11.8 Å². The van der Waals surface area contributed by atoms with Crippen LogP contribution in [0.3, 0.4) is 0 Å². The molecule has 2 unspecified atom stereocenters. The van der Waals surface area contributed by atoms with Crippen molar-refractivity contribution in [3.8, 4) is 0 Å². The van der Waals surface area contributed by atoms with E-state index in [0.717, 1.165) is 37.8 Å². The fourth-order valence-corrected chi connectivity index (χ4v) is 3.50. The highest BCUT2D eigenvalue weighted by Crippen LogP contribution is 2.28. The minimum absolute atomic E-state index is 0.291. The molecule has 1 aliphatic heterocycles. The van der Waals surface area contributed by atoms with E-state index in [-0.39, 0.29) is 0 Å². The predicted octanol–water partition coefficient (Wildman–Crippen LogP) is 2.46. The van der Waals surface area contributed by atoms with Gasteiger partial charge in [-0.2, -0.15) is 0 Å². The highest BCUT2D eigenvalue weighted by Gasteiger charge is 2.27. The lowest BCUT2D eigenvalue weighted by molar-refractivity contribution is -0.122. The van der Waals surface area contributed by atoms with Gasteiger partial charge in [0.15, 0.2) is 0 Å². The molecule has 1 heterocycles. The van der Waals surface area contributed by atoms with Crippen LogP contribution in [0.5, 0.6) is 0 Å². The van der Waals surface area contributed by atoms with Gasteiger partial charge in [-0.25, -0.2) is 0 Å². The van der Waals surface area contributed by atoms with Crippen LogP contribution < -0.4 is 10.6 Å². The third-order valence-electron chi connectivity index (χ3n) is 4.77. The van der Waals surface area contributed by atoms with Gasteiger partial charge < -0.3 is 10.6 Å². The van der Waals surface area contributed by atoms with Crippen LogP contribution in [-0.2, 0) is 4.79 Å². The summed E-state index contributed by atoms with van der Waals surface area (Å²) in [7, 11) is 0. The first kappa shape index (κ1) is 13.9. The van der Waals surface area contributed by atoms with Crippen molar-refractivity contribution in [2.24, 2.45) is 11.8 Å². The molecule has 0 aromatic carbocycles. The Labute approximate surface area is 111 Å². The van der Waals surface area contributed by atoms with Crippen molar-refractivity contribution in [1.82, 2.24) is 10.6 Å². The molecule has 18 heavy (non-hydrogen) atoms. The van der Waals surface area contributed by atoms with E-state index in [0.29, 0.717) is 11.9 Å². The summed E-state index contributed by atoms with van der Waals surface area (Å²) in [6.45, 7) is 4.50. The summed E-state index contributed by atoms with van der Waals surface area (Å²) in [6.07, 6.45) is 9.29. The topological polar surface area (TPSA) is 41.1 Å². The molecule has 2 atom stereocenters. The van der Waals surface area contributed by atoms with Gasteiger partial charge in [-0.15, -0.1) is 0 Å². The second kappa shape index (κ2) is 7.13. The molecule has 2 rings (SSSR count). The van der Waals surface area contributed by atoms with Crippen LogP contribution in [0.25, 0.3) is 0 Å². The van der Waals surface area contributed by atoms with E-state index in [4.69, 9.17) is 0 Å². The first-order valence-corrected chi connectivity index (χ1v) is 7.79. The predicted molar refractivity (Wildman–Crippen MR) is 74.4 cm³/mol. The lowest BCUT2D eigenvalue weighted by atomic mass is 9.93. The summed E-state index contributed by atoms with van der Waals surface area (Å²) in [5.41, 5.74) is 0. The highest BCUT2D eigenvalue weighted by atomic mass is 16.1. The Bertz CT molecular complexity index is 261. The zero-order chi connectivity index (χ0) is 12.8. The molecule has 1 saturated carbocycles. The molecule has 0 aromatic rings. The SMILES string of the molecule is CCC1CCCC1NC(=O)CCC1CCNCC1. The zero-order valence-corrected chi connectivity index (χ0v) is 11.7. The second-order valence-corrected chi connectivity index (χ2v) is 6.01. The molecule has 0 bridgehead atoms. The molecule has 2 fully saturated rings. The zero-order valence-electron chi connectivity index (χ0n) is 11.7. The van der Waals surface area contributed by atoms with E-state index in [1.54, 1.807) is 0 Å². The normalized spacial score (nSPS) is 29.4. The minimum Gasteiger partial charge on any atom is -0.353 e. The van der Waals surface area contributed by atoms with Gasteiger partial charge in [-0.3, -0.25) is 4.79 Å². The molecule has 2 N–H and O–H groups in total. The fraction of sp³-hybridized carbons (Fsp3) is 0.933. The molecule has 0 spiro atoms. The van der Waals surface area contributed by atoms with Gasteiger partial charge in [0.05, 0.1) is 0 Å². The first-order chi connectivity index (χ1) is 8.79. The maximum atomic E-state index is 12.0. The first-order valence-electron chi connectivity index (χ1n) is 7.79. The van der Waals surface area contributed by atoms with E-state index >= 15 is 0 Å². The summed E-state index contributed by atoms with van der Waals surface area (Å²) in [6, 6.07) is 0.468. The van der Waals surface area contributed by atoms with Crippen LogP contribution in [0.4, 0.5) is 0 Å². The molecule has 1 saturated heterocycles. The maximum Gasteiger partial charge on any atom is 0.220 e. The van der Waals surface area contributed by atoms with Crippen molar-refractivity contribution in [3.63, 3.8) is 0 Å². The molecule has 104 valence electrons. The highest BCUT2D eigenvalue weighted by molar-refractivity contribution is 5.76. The van der Waals surface area contributed by atoms with E-state index in [9.17, 15) is 4.79 Å². The van der Waals surface area contributed by atoms with E-state index in [2.05, 4.69) is 17.6 Å². The monoisotopic (exact) mass is 252 g/mol. The van der Waals surface area contributed by atoms with Crippen molar-refractivity contribution in [2.45, 2.75) is 64.3 Å². The van der Waals surface area contributed by atoms with Crippen LogP contribution in [0.2, 0.25) is 0 Å². The minimum atomic E-state index is 0.291. The Morgan fingerprint density at radius 3 is 2.72 bits per heavy atom. The molecule has 0 radical (unpaired) electrons. The fourth-order valence-electron chi connectivity index (χ4n) is 3.50. The van der Waals surface area contributed by atoms with Crippen LogP contribution in [-0.4, -0.2) is 25.0 Å². The van der Waals surface area contributed by atoms with Crippen LogP contribution >= 0.6 is 0 Å². The average molecular weight is 252 g/mol. The third-order valence-corrected chi connectivity index (χ3v) is 4.77.